The number of hydrogen-bond acceptors (Lipinski definition) is 4. The Kier molecular flexibility index (Phi) is 7.75. The lowest BCUT2D eigenvalue weighted by Crippen LogP contribution is -2.49. The molecule has 0 amide bonds. The van der Waals surface area contributed by atoms with Gasteiger partial charge in [-0.1, -0.05) is 26.2 Å². The maximum Gasteiger partial charge on any atom is 0.323 e. The number of esters is 1. The fraction of sp³-hybridized carbons (Fsp3) is 0.929. The number of nitrogens with one attached hydrogen (secondary N) is 1. The van der Waals surface area contributed by atoms with Gasteiger partial charge < -0.3 is 10.1 Å². The molecular formula is C14H27NO2S. The summed E-state index contributed by atoms with van der Waals surface area (Å²) in [6.07, 6.45) is 9.09. The van der Waals surface area contributed by atoms with Crippen molar-refractivity contribution in [1.29, 1.82) is 0 Å². The van der Waals surface area contributed by atoms with E-state index in [1.54, 1.807) is 0 Å². The fourth-order valence-corrected chi connectivity index (χ4v) is 3.57. The second kappa shape index (κ2) is 8.81. The van der Waals surface area contributed by atoms with Crippen LogP contribution in [0.4, 0.5) is 0 Å². The molecule has 0 spiro atoms. The SMILES string of the molecule is CCCC(NC1CCCCC1SC)C(=O)OCC. The Balaban J connectivity index is 2.54. The van der Waals surface area contributed by atoms with Crippen LogP contribution in [0, 0.1) is 0 Å². The average molecular weight is 273 g/mol. The molecule has 3 unspecified atom stereocenters. The number of thioether (sulfide) groups is 1. The van der Waals surface area contributed by atoms with Gasteiger partial charge in [-0.15, -0.1) is 0 Å². The Hall–Kier alpha value is -0.220. The lowest BCUT2D eigenvalue weighted by atomic mass is 9.93. The predicted octanol–water partition coefficient (Wildman–Crippen LogP) is 2.98. The zero-order valence-electron chi connectivity index (χ0n) is 11.9. The van der Waals surface area contributed by atoms with Crippen LogP contribution >= 0.6 is 11.8 Å². The first-order valence-corrected chi connectivity index (χ1v) is 8.47. The summed E-state index contributed by atoms with van der Waals surface area (Å²) in [6.45, 7) is 4.45. The fourth-order valence-electron chi connectivity index (χ4n) is 2.63. The molecule has 0 aromatic carbocycles. The minimum Gasteiger partial charge on any atom is -0.465 e. The lowest BCUT2D eigenvalue weighted by molar-refractivity contribution is -0.146. The molecule has 1 N–H and O–H groups in total. The molecule has 3 nitrogen and oxygen atoms in total. The van der Waals surface area contributed by atoms with Crippen molar-refractivity contribution < 1.29 is 9.53 Å². The van der Waals surface area contributed by atoms with Gasteiger partial charge in [-0.05, 0) is 32.4 Å². The third-order valence-electron chi connectivity index (χ3n) is 3.57. The Morgan fingerprint density at radius 1 is 1.39 bits per heavy atom. The molecule has 0 aliphatic heterocycles. The number of carbonyl (C=O) groups is 1. The number of ether oxygens (including phenoxy) is 1. The highest BCUT2D eigenvalue weighted by atomic mass is 32.2. The highest BCUT2D eigenvalue weighted by molar-refractivity contribution is 7.99. The highest BCUT2D eigenvalue weighted by Gasteiger charge is 2.29. The van der Waals surface area contributed by atoms with Crippen LogP contribution in [0.1, 0.15) is 52.4 Å². The van der Waals surface area contributed by atoms with Gasteiger partial charge in [-0.3, -0.25) is 4.79 Å². The van der Waals surface area contributed by atoms with Crippen molar-refractivity contribution in [3.05, 3.63) is 0 Å². The zero-order chi connectivity index (χ0) is 13.4. The predicted molar refractivity (Wildman–Crippen MR) is 78.0 cm³/mol. The van der Waals surface area contributed by atoms with Crippen molar-refractivity contribution in [3.8, 4) is 0 Å². The van der Waals surface area contributed by atoms with Crippen molar-refractivity contribution in [3.63, 3.8) is 0 Å². The first-order valence-electron chi connectivity index (χ1n) is 7.18. The van der Waals surface area contributed by atoms with Gasteiger partial charge >= 0.3 is 5.97 Å². The summed E-state index contributed by atoms with van der Waals surface area (Å²) in [5.74, 6) is -0.0789. The molecule has 1 rings (SSSR count). The molecule has 0 radical (unpaired) electrons. The molecule has 3 atom stereocenters. The van der Waals surface area contributed by atoms with Crippen LogP contribution in [0.25, 0.3) is 0 Å². The van der Waals surface area contributed by atoms with Gasteiger partial charge in [0.2, 0.25) is 0 Å². The molecule has 1 aliphatic rings. The van der Waals surface area contributed by atoms with E-state index in [1.807, 2.05) is 18.7 Å². The van der Waals surface area contributed by atoms with Crippen LogP contribution in [0.2, 0.25) is 0 Å². The molecule has 18 heavy (non-hydrogen) atoms. The van der Waals surface area contributed by atoms with Crippen LogP contribution in [0.15, 0.2) is 0 Å². The van der Waals surface area contributed by atoms with Crippen molar-refractivity contribution in [2.24, 2.45) is 0 Å². The second-order valence-electron chi connectivity index (χ2n) is 4.93. The van der Waals surface area contributed by atoms with E-state index in [4.69, 9.17) is 4.74 Å². The molecule has 1 aliphatic carbocycles. The Morgan fingerprint density at radius 2 is 2.11 bits per heavy atom. The Bertz CT molecular complexity index is 248. The normalized spacial score (nSPS) is 25.7. The van der Waals surface area contributed by atoms with Gasteiger partial charge in [0.05, 0.1) is 6.61 Å². The quantitative estimate of drug-likeness (QED) is 0.724. The third kappa shape index (κ3) is 4.81. The van der Waals surface area contributed by atoms with Crippen LogP contribution in [-0.4, -0.2) is 36.2 Å². The van der Waals surface area contributed by atoms with Gasteiger partial charge in [0.15, 0.2) is 0 Å². The zero-order valence-corrected chi connectivity index (χ0v) is 12.7. The Labute approximate surface area is 115 Å². The standard InChI is InChI=1S/C14H27NO2S/c1-4-8-12(14(16)17-5-2)15-11-9-6-7-10-13(11)18-3/h11-13,15H,4-10H2,1-3H3. The van der Waals surface area contributed by atoms with Gasteiger partial charge in [-0.25, -0.2) is 0 Å². The molecule has 4 heteroatoms. The van der Waals surface area contributed by atoms with E-state index in [0.29, 0.717) is 17.9 Å². The molecule has 0 heterocycles. The van der Waals surface area contributed by atoms with Crippen molar-refractivity contribution in [1.82, 2.24) is 5.32 Å². The van der Waals surface area contributed by atoms with Crippen molar-refractivity contribution in [2.45, 2.75) is 69.7 Å². The van der Waals surface area contributed by atoms with E-state index < -0.39 is 0 Å². The van der Waals surface area contributed by atoms with Crippen molar-refractivity contribution >= 4 is 17.7 Å². The Morgan fingerprint density at radius 3 is 2.72 bits per heavy atom. The summed E-state index contributed by atoms with van der Waals surface area (Å²) in [7, 11) is 0. The smallest absolute Gasteiger partial charge is 0.323 e. The molecule has 0 saturated heterocycles. The summed E-state index contributed by atoms with van der Waals surface area (Å²) in [6, 6.07) is 0.349. The first-order chi connectivity index (χ1) is 8.72. The highest BCUT2D eigenvalue weighted by Crippen LogP contribution is 2.27. The van der Waals surface area contributed by atoms with Crippen molar-refractivity contribution in [2.75, 3.05) is 12.9 Å². The van der Waals surface area contributed by atoms with Gasteiger partial charge in [0, 0.05) is 11.3 Å². The topological polar surface area (TPSA) is 38.3 Å². The molecule has 0 aromatic rings. The van der Waals surface area contributed by atoms with E-state index >= 15 is 0 Å². The summed E-state index contributed by atoms with van der Waals surface area (Å²) in [5, 5.41) is 4.19. The van der Waals surface area contributed by atoms with E-state index in [9.17, 15) is 4.79 Å². The summed E-state index contributed by atoms with van der Waals surface area (Å²) in [5.41, 5.74) is 0. The monoisotopic (exact) mass is 273 g/mol. The maximum absolute atomic E-state index is 11.9. The van der Waals surface area contributed by atoms with E-state index in [1.165, 1.54) is 25.7 Å². The van der Waals surface area contributed by atoms with Gasteiger partial charge in [0.25, 0.3) is 0 Å². The van der Waals surface area contributed by atoms with E-state index in [2.05, 4.69) is 18.5 Å². The molecule has 1 fully saturated rings. The molecule has 106 valence electrons. The van der Waals surface area contributed by atoms with Gasteiger partial charge in [-0.2, -0.15) is 11.8 Å². The van der Waals surface area contributed by atoms with E-state index in [-0.39, 0.29) is 12.0 Å². The minimum atomic E-state index is -0.118. The third-order valence-corrected chi connectivity index (χ3v) is 4.74. The van der Waals surface area contributed by atoms with Gasteiger partial charge in [0.1, 0.15) is 6.04 Å². The maximum atomic E-state index is 11.9. The lowest BCUT2D eigenvalue weighted by Gasteiger charge is -2.33. The first kappa shape index (κ1) is 15.8. The number of rotatable bonds is 7. The van der Waals surface area contributed by atoms with Crippen LogP contribution in [0.5, 0.6) is 0 Å². The number of carbonyl (C=O) groups excluding carboxylic acids is 1. The van der Waals surface area contributed by atoms with E-state index in [0.717, 1.165) is 12.8 Å². The minimum absolute atomic E-state index is 0.0789. The molecular weight excluding hydrogens is 246 g/mol. The molecule has 0 bridgehead atoms. The van der Waals surface area contributed by atoms with Crippen LogP contribution in [0.3, 0.4) is 0 Å². The van der Waals surface area contributed by atoms with Crippen LogP contribution in [-0.2, 0) is 9.53 Å². The summed E-state index contributed by atoms with van der Waals surface area (Å²) in [4.78, 5) is 11.9. The average Bonchev–Trinajstić information content (AvgIpc) is 2.39. The molecule has 1 saturated carbocycles. The number of hydrogen-bond donors (Lipinski definition) is 1. The summed E-state index contributed by atoms with van der Waals surface area (Å²) >= 11 is 1.92. The second-order valence-corrected chi connectivity index (χ2v) is 6.00. The summed E-state index contributed by atoms with van der Waals surface area (Å²) < 4.78 is 5.16. The van der Waals surface area contributed by atoms with Crippen LogP contribution < -0.4 is 5.32 Å². The largest absolute Gasteiger partial charge is 0.465 e. The molecule has 0 aromatic heterocycles.